The van der Waals surface area contributed by atoms with Crippen LogP contribution in [0.3, 0.4) is 0 Å². The molecule has 0 atom stereocenters. The summed E-state index contributed by atoms with van der Waals surface area (Å²) in [5.74, 6) is 0.0752. The molecule has 82 valence electrons. The molecule has 14 heavy (non-hydrogen) atoms. The minimum absolute atomic E-state index is 0.0752. The molecule has 3 nitrogen and oxygen atoms in total. The van der Waals surface area contributed by atoms with Crippen LogP contribution in [0.25, 0.3) is 0 Å². The normalized spacial score (nSPS) is 17.3. The van der Waals surface area contributed by atoms with Crippen LogP contribution in [0.1, 0.15) is 53.4 Å². The molecule has 0 aromatic heterocycles. The van der Waals surface area contributed by atoms with E-state index in [-0.39, 0.29) is 5.91 Å². The fourth-order valence-corrected chi connectivity index (χ4v) is 1.72. The first kappa shape index (κ1) is 13.1. The molecule has 0 saturated heterocycles. The molecule has 0 saturated carbocycles. The van der Waals surface area contributed by atoms with Gasteiger partial charge in [0.15, 0.2) is 0 Å². The van der Waals surface area contributed by atoms with Gasteiger partial charge in [0.25, 0.3) is 5.91 Å². The molecule has 0 radical (unpaired) electrons. The summed E-state index contributed by atoms with van der Waals surface area (Å²) in [6, 6.07) is 0. The van der Waals surface area contributed by atoms with Gasteiger partial charge in [0.1, 0.15) is 5.54 Å². The number of hydrogen-bond donors (Lipinski definition) is 1. The number of hydrogen-bond acceptors (Lipinski definition) is 2. The van der Waals surface area contributed by atoms with E-state index in [1.807, 2.05) is 13.8 Å². The largest absolute Gasteiger partial charge is 0.315 e. The topological polar surface area (TPSA) is 41.5 Å². The third-order valence-corrected chi connectivity index (χ3v) is 2.26. The zero-order valence-corrected chi connectivity index (χ0v) is 9.76. The summed E-state index contributed by atoms with van der Waals surface area (Å²) in [7, 11) is 0. The number of nitrogens with one attached hydrogen (secondary N) is 1. The fraction of sp³-hybridized carbons (Fsp3) is 0.818. The van der Waals surface area contributed by atoms with E-state index in [4.69, 9.17) is 0 Å². The van der Waals surface area contributed by atoms with Gasteiger partial charge >= 0.3 is 0 Å². The van der Waals surface area contributed by atoms with Gasteiger partial charge in [-0.25, -0.2) is 0 Å². The van der Waals surface area contributed by atoms with E-state index in [0.29, 0.717) is 0 Å². The van der Waals surface area contributed by atoms with Crippen LogP contribution in [0.5, 0.6) is 0 Å². The standard InChI is InChI=1S/C9H16N2O.C2H6/c1-3-5-9(6-4-2)8(12)10-7-11-9;1-2/h7H,3-6H2,1-2H3,(H,10,11,12);1-2H3. The first-order valence-electron chi connectivity index (χ1n) is 5.60. The molecule has 1 aliphatic heterocycles. The van der Waals surface area contributed by atoms with Crippen molar-refractivity contribution in [2.45, 2.75) is 58.9 Å². The fourth-order valence-electron chi connectivity index (χ4n) is 1.72. The number of carbonyl (C=O) groups is 1. The Hall–Kier alpha value is -0.860. The molecule has 1 rings (SSSR count). The van der Waals surface area contributed by atoms with Gasteiger partial charge in [0, 0.05) is 0 Å². The van der Waals surface area contributed by atoms with E-state index < -0.39 is 5.54 Å². The average molecular weight is 198 g/mol. The zero-order chi connectivity index (χ0) is 11.0. The molecule has 0 aliphatic carbocycles. The SMILES string of the molecule is CC.CCCC1(CCC)N=CNC1=O. The maximum Gasteiger partial charge on any atom is 0.253 e. The van der Waals surface area contributed by atoms with Crippen molar-refractivity contribution in [3.63, 3.8) is 0 Å². The summed E-state index contributed by atoms with van der Waals surface area (Å²) in [5, 5.41) is 2.65. The Morgan fingerprint density at radius 3 is 2.07 bits per heavy atom. The molecule has 1 aliphatic rings. The molecule has 1 heterocycles. The van der Waals surface area contributed by atoms with E-state index in [1.54, 1.807) is 0 Å². The van der Waals surface area contributed by atoms with Crippen molar-refractivity contribution < 1.29 is 4.79 Å². The van der Waals surface area contributed by atoms with Crippen molar-refractivity contribution in [1.29, 1.82) is 0 Å². The molecule has 3 heteroatoms. The second-order valence-corrected chi connectivity index (χ2v) is 3.26. The highest BCUT2D eigenvalue weighted by Gasteiger charge is 2.38. The highest BCUT2D eigenvalue weighted by atomic mass is 16.2. The van der Waals surface area contributed by atoms with Crippen LogP contribution in [0.2, 0.25) is 0 Å². The average Bonchev–Trinajstić information content (AvgIpc) is 2.53. The predicted octanol–water partition coefficient (Wildman–Crippen LogP) is 2.51. The van der Waals surface area contributed by atoms with E-state index in [2.05, 4.69) is 24.2 Å². The van der Waals surface area contributed by atoms with Crippen LogP contribution in [-0.4, -0.2) is 17.8 Å². The lowest BCUT2D eigenvalue weighted by Gasteiger charge is -2.21. The highest BCUT2D eigenvalue weighted by Crippen LogP contribution is 2.26. The smallest absolute Gasteiger partial charge is 0.253 e. The van der Waals surface area contributed by atoms with Gasteiger partial charge in [0.05, 0.1) is 6.34 Å². The summed E-state index contributed by atoms with van der Waals surface area (Å²) in [5.41, 5.74) is -0.427. The third-order valence-electron chi connectivity index (χ3n) is 2.26. The van der Waals surface area contributed by atoms with Crippen LogP contribution in [0.4, 0.5) is 0 Å². The van der Waals surface area contributed by atoms with Gasteiger partial charge in [-0.1, -0.05) is 40.5 Å². The van der Waals surface area contributed by atoms with E-state index in [1.165, 1.54) is 6.34 Å². The summed E-state index contributed by atoms with van der Waals surface area (Å²) in [4.78, 5) is 15.7. The molecule has 0 aromatic carbocycles. The lowest BCUT2D eigenvalue weighted by Crippen LogP contribution is -2.38. The summed E-state index contributed by atoms with van der Waals surface area (Å²) < 4.78 is 0. The monoisotopic (exact) mass is 198 g/mol. The van der Waals surface area contributed by atoms with Gasteiger partial charge in [0.2, 0.25) is 0 Å². The molecule has 0 spiro atoms. The summed E-state index contributed by atoms with van der Waals surface area (Å²) in [6.07, 6.45) is 5.27. The van der Waals surface area contributed by atoms with Crippen LogP contribution in [0, 0.1) is 0 Å². The molecule has 0 unspecified atom stereocenters. The quantitative estimate of drug-likeness (QED) is 0.741. The Morgan fingerprint density at radius 1 is 1.29 bits per heavy atom. The van der Waals surface area contributed by atoms with Crippen molar-refractivity contribution in [3.8, 4) is 0 Å². The van der Waals surface area contributed by atoms with Crippen LogP contribution in [0.15, 0.2) is 4.99 Å². The summed E-state index contributed by atoms with van der Waals surface area (Å²) >= 11 is 0. The molecule has 1 amide bonds. The van der Waals surface area contributed by atoms with Crippen molar-refractivity contribution in [2.75, 3.05) is 0 Å². The van der Waals surface area contributed by atoms with Gasteiger partial charge < -0.3 is 5.32 Å². The maximum absolute atomic E-state index is 11.4. The van der Waals surface area contributed by atoms with Gasteiger partial charge in [-0.15, -0.1) is 0 Å². The minimum atomic E-state index is -0.427. The first-order chi connectivity index (χ1) is 6.75. The Bertz CT molecular complexity index is 193. The summed E-state index contributed by atoms with van der Waals surface area (Å²) in [6.45, 7) is 8.16. The lowest BCUT2D eigenvalue weighted by atomic mass is 9.89. The van der Waals surface area contributed by atoms with Crippen molar-refractivity contribution >= 4 is 12.2 Å². The maximum atomic E-state index is 11.4. The second kappa shape index (κ2) is 6.57. The Kier molecular flexibility index (Phi) is 6.17. The van der Waals surface area contributed by atoms with E-state index in [9.17, 15) is 4.79 Å². The number of nitrogens with zero attached hydrogens (tertiary/aromatic N) is 1. The molecule has 0 fully saturated rings. The third kappa shape index (κ3) is 2.82. The van der Waals surface area contributed by atoms with Gasteiger partial charge in [-0.3, -0.25) is 9.79 Å². The Balaban J connectivity index is 0.000000791. The molecule has 1 N–H and O–H groups in total. The van der Waals surface area contributed by atoms with Crippen LogP contribution >= 0.6 is 0 Å². The van der Waals surface area contributed by atoms with Crippen LogP contribution < -0.4 is 5.32 Å². The highest BCUT2D eigenvalue weighted by molar-refractivity contribution is 5.99. The molecule has 0 aromatic rings. The van der Waals surface area contributed by atoms with E-state index in [0.717, 1.165) is 25.7 Å². The Morgan fingerprint density at radius 2 is 1.79 bits per heavy atom. The Labute approximate surface area is 87.0 Å². The lowest BCUT2D eigenvalue weighted by molar-refractivity contribution is -0.124. The molecule has 0 bridgehead atoms. The minimum Gasteiger partial charge on any atom is -0.315 e. The molecular formula is C11H22N2O. The number of amides is 1. The van der Waals surface area contributed by atoms with Crippen molar-refractivity contribution in [1.82, 2.24) is 5.32 Å². The first-order valence-corrected chi connectivity index (χ1v) is 5.60. The molecular weight excluding hydrogens is 176 g/mol. The second-order valence-electron chi connectivity index (χ2n) is 3.26. The zero-order valence-electron chi connectivity index (χ0n) is 9.76. The number of rotatable bonds is 4. The van der Waals surface area contributed by atoms with Crippen molar-refractivity contribution in [2.24, 2.45) is 4.99 Å². The van der Waals surface area contributed by atoms with Crippen LogP contribution in [-0.2, 0) is 4.79 Å². The van der Waals surface area contributed by atoms with E-state index >= 15 is 0 Å². The number of carbonyl (C=O) groups excluding carboxylic acids is 1. The van der Waals surface area contributed by atoms with Gasteiger partial charge in [-0.05, 0) is 12.8 Å². The predicted molar refractivity (Wildman–Crippen MR) is 60.5 cm³/mol. The van der Waals surface area contributed by atoms with Crippen molar-refractivity contribution in [3.05, 3.63) is 0 Å². The van der Waals surface area contributed by atoms with Gasteiger partial charge in [-0.2, -0.15) is 0 Å². The number of aliphatic imine (C=N–C) groups is 1.